The normalized spacial score (nSPS) is 14.0. The van der Waals surface area contributed by atoms with Crippen molar-refractivity contribution in [2.45, 2.75) is 19.4 Å². The first-order valence-corrected chi connectivity index (χ1v) is 7.98. The first kappa shape index (κ1) is 14.0. The van der Waals surface area contributed by atoms with Crippen LogP contribution in [0.15, 0.2) is 53.3 Å². The Balaban J connectivity index is 1.85. The molecule has 2 heterocycles. The minimum atomic E-state index is 0.0198. The van der Waals surface area contributed by atoms with Crippen LogP contribution in [0.5, 0.6) is 0 Å². The molecule has 4 nitrogen and oxygen atoms in total. The molecule has 1 aliphatic heterocycles. The maximum Gasteiger partial charge on any atom is 0.189 e. The molecule has 0 unspecified atom stereocenters. The van der Waals surface area contributed by atoms with Gasteiger partial charge in [-0.3, -0.25) is 4.79 Å². The summed E-state index contributed by atoms with van der Waals surface area (Å²) in [4.78, 5) is 17.9. The molecule has 2 aromatic carbocycles. The number of benzene rings is 2. The summed E-state index contributed by atoms with van der Waals surface area (Å²) in [6.07, 6.45) is 2.23. The zero-order chi connectivity index (χ0) is 15.8. The fourth-order valence-electron chi connectivity index (χ4n) is 3.37. The van der Waals surface area contributed by atoms with Crippen LogP contribution in [0.3, 0.4) is 0 Å². The number of aromatic amines is 1. The first-order valence-electron chi connectivity index (χ1n) is 7.98. The second-order valence-electron chi connectivity index (χ2n) is 5.98. The Kier molecular flexibility index (Phi) is 3.39. The molecule has 4 heteroatoms. The molecule has 0 atom stereocenters. The molecule has 0 spiro atoms. The summed E-state index contributed by atoms with van der Waals surface area (Å²) in [7, 11) is 0. The summed E-state index contributed by atoms with van der Waals surface area (Å²) < 4.78 is 0. The lowest BCUT2D eigenvalue weighted by Gasteiger charge is -2.31. The molecule has 0 bridgehead atoms. The Labute approximate surface area is 134 Å². The molecule has 23 heavy (non-hydrogen) atoms. The average molecular weight is 305 g/mol. The summed E-state index contributed by atoms with van der Waals surface area (Å²) >= 11 is 0. The molecule has 116 valence electrons. The lowest BCUT2D eigenvalue weighted by atomic mass is 10.0. The Hall–Kier alpha value is -2.59. The number of rotatable bonds is 2. The van der Waals surface area contributed by atoms with E-state index in [4.69, 9.17) is 5.73 Å². The van der Waals surface area contributed by atoms with Crippen LogP contribution in [-0.2, 0) is 13.0 Å². The maximum atomic E-state index is 12.3. The van der Waals surface area contributed by atoms with E-state index in [0.717, 1.165) is 36.3 Å². The number of H-pyrrole nitrogens is 1. The number of nitrogens with two attached hydrogens (primary N) is 1. The largest absolute Gasteiger partial charge is 0.357 e. The van der Waals surface area contributed by atoms with Crippen molar-refractivity contribution in [1.29, 1.82) is 0 Å². The molecule has 4 rings (SSSR count). The summed E-state index contributed by atoms with van der Waals surface area (Å²) in [5.41, 5.74) is 10.9. The van der Waals surface area contributed by atoms with Gasteiger partial charge in [0.05, 0.1) is 0 Å². The van der Waals surface area contributed by atoms with Crippen LogP contribution in [-0.4, -0.2) is 11.5 Å². The standard InChI is InChI=1S/C19H19N3O/c20-12-14-10-19(23)16-11-15(7-8-17(16)21-14)22-9-3-5-13-4-1-2-6-18(13)22/h1-2,4,6-8,10-11H,3,5,9,12,20H2,(H,21,23). The molecular formula is C19H19N3O. The highest BCUT2D eigenvalue weighted by atomic mass is 16.1. The second kappa shape index (κ2) is 5.56. The van der Waals surface area contributed by atoms with E-state index in [9.17, 15) is 4.79 Å². The van der Waals surface area contributed by atoms with Crippen molar-refractivity contribution in [2.75, 3.05) is 11.4 Å². The van der Waals surface area contributed by atoms with Gasteiger partial charge in [0.1, 0.15) is 0 Å². The van der Waals surface area contributed by atoms with Gasteiger partial charge in [0.2, 0.25) is 0 Å². The third-order valence-corrected chi connectivity index (χ3v) is 4.51. The van der Waals surface area contributed by atoms with Crippen LogP contribution < -0.4 is 16.1 Å². The number of fused-ring (bicyclic) bond motifs is 2. The maximum absolute atomic E-state index is 12.3. The quantitative estimate of drug-likeness (QED) is 0.765. The molecule has 3 aromatic rings. The predicted octanol–water partition coefficient (Wildman–Crippen LogP) is 3.07. The smallest absolute Gasteiger partial charge is 0.189 e. The Bertz CT molecular complexity index is 929. The molecule has 0 saturated heterocycles. The number of aryl methyl sites for hydroxylation is 1. The van der Waals surface area contributed by atoms with Crippen LogP contribution in [0.4, 0.5) is 11.4 Å². The van der Waals surface area contributed by atoms with Gasteiger partial charge in [0, 0.05) is 47.1 Å². The predicted molar refractivity (Wildman–Crippen MR) is 94.2 cm³/mol. The van der Waals surface area contributed by atoms with Gasteiger partial charge in [-0.1, -0.05) is 18.2 Å². The number of anilines is 2. The van der Waals surface area contributed by atoms with Crippen molar-refractivity contribution in [3.05, 3.63) is 70.0 Å². The van der Waals surface area contributed by atoms with Crippen LogP contribution in [0.2, 0.25) is 0 Å². The lowest BCUT2D eigenvalue weighted by Crippen LogP contribution is -2.24. The fourth-order valence-corrected chi connectivity index (χ4v) is 3.37. The molecule has 0 amide bonds. The van der Waals surface area contributed by atoms with Crippen molar-refractivity contribution in [3.8, 4) is 0 Å². The highest BCUT2D eigenvalue weighted by molar-refractivity contribution is 5.84. The minimum absolute atomic E-state index is 0.0198. The molecule has 1 aliphatic rings. The number of hydrogen-bond acceptors (Lipinski definition) is 3. The average Bonchev–Trinajstić information content (AvgIpc) is 2.61. The number of nitrogens with one attached hydrogen (secondary N) is 1. The van der Waals surface area contributed by atoms with Gasteiger partial charge >= 0.3 is 0 Å². The highest BCUT2D eigenvalue weighted by Crippen LogP contribution is 2.33. The molecule has 0 aliphatic carbocycles. The molecule has 3 N–H and O–H groups in total. The van der Waals surface area contributed by atoms with E-state index in [-0.39, 0.29) is 5.43 Å². The lowest BCUT2D eigenvalue weighted by molar-refractivity contribution is 0.767. The van der Waals surface area contributed by atoms with Gasteiger partial charge in [0.15, 0.2) is 5.43 Å². The fraction of sp³-hybridized carbons (Fsp3) is 0.211. The second-order valence-corrected chi connectivity index (χ2v) is 5.98. The van der Waals surface area contributed by atoms with Crippen LogP contribution in [0.1, 0.15) is 17.7 Å². The van der Waals surface area contributed by atoms with Gasteiger partial charge in [0.25, 0.3) is 0 Å². The summed E-state index contributed by atoms with van der Waals surface area (Å²) in [6, 6.07) is 16.1. The van der Waals surface area contributed by atoms with E-state index in [0.29, 0.717) is 11.9 Å². The summed E-state index contributed by atoms with van der Waals surface area (Å²) in [5.74, 6) is 0. The third-order valence-electron chi connectivity index (χ3n) is 4.51. The zero-order valence-corrected chi connectivity index (χ0v) is 12.9. The molecule has 0 radical (unpaired) electrons. The van der Waals surface area contributed by atoms with Crippen LogP contribution >= 0.6 is 0 Å². The number of hydrogen-bond donors (Lipinski definition) is 2. The van der Waals surface area contributed by atoms with E-state index in [1.54, 1.807) is 6.07 Å². The third kappa shape index (κ3) is 2.41. The van der Waals surface area contributed by atoms with Crippen molar-refractivity contribution < 1.29 is 0 Å². The van der Waals surface area contributed by atoms with Crippen molar-refractivity contribution in [3.63, 3.8) is 0 Å². The van der Waals surface area contributed by atoms with E-state index in [1.807, 2.05) is 12.1 Å². The van der Waals surface area contributed by atoms with E-state index >= 15 is 0 Å². The van der Waals surface area contributed by atoms with Gasteiger partial charge in [-0.15, -0.1) is 0 Å². The summed E-state index contributed by atoms with van der Waals surface area (Å²) in [6.45, 7) is 1.31. The van der Waals surface area contributed by atoms with Gasteiger partial charge in [-0.05, 0) is 42.7 Å². The van der Waals surface area contributed by atoms with Gasteiger partial charge in [-0.25, -0.2) is 0 Å². The van der Waals surface area contributed by atoms with Crippen molar-refractivity contribution in [1.82, 2.24) is 4.98 Å². The van der Waals surface area contributed by atoms with Gasteiger partial charge < -0.3 is 15.6 Å². The van der Waals surface area contributed by atoms with E-state index in [1.165, 1.54) is 11.3 Å². The Morgan fingerprint density at radius 1 is 1.13 bits per heavy atom. The van der Waals surface area contributed by atoms with Crippen molar-refractivity contribution in [2.24, 2.45) is 5.73 Å². The van der Waals surface area contributed by atoms with Crippen LogP contribution in [0, 0.1) is 0 Å². The van der Waals surface area contributed by atoms with Crippen molar-refractivity contribution >= 4 is 22.3 Å². The van der Waals surface area contributed by atoms with Gasteiger partial charge in [-0.2, -0.15) is 0 Å². The first-order chi connectivity index (χ1) is 11.3. The van der Waals surface area contributed by atoms with E-state index < -0.39 is 0 Å². The van der Waals surface area contributed by atoms with E-state index in [2.05, 4.69) is 40.2 Å². The SMILES string of the molecule is NCc1cc(=O)c2cc(N3CCCc4ccccc43)ccc2[nH]1. The van der Waals surface area contributed by atoms with Crippen LogP contribution in [0.25, 0.3) is 10.9 Å². The monoisotopic (exact) mass is 305 g/mol. The Morgan fingerprint density at radius 2 is 2.00 bits per heavy atom. The number of para-hydroxylation sites is 1. The molecular weight excluding hydrogens is 286 g/mol. The number of pyridine rings is 1. The summed E-state index contributed by atoms with van der Waals surface area (Å²) in [5, 5.41) is 0.711. The molecule has 0 saturated carbocycles. The molecule has 1 aromatic heterocycles. The highest BCUT2D eigenvalue weighted by Gasteiger charge is 2.18. The Morgan fingerprint density at radius 3 is 2.87 bits per heavy atom. The minimum Gasteiger partial charge on any atom is -0.357 e. The number of aromatic nitrogens is 1. The number of nitrogens with zero attached hydrogens (tertiary/aromatic N) is 1. The topological polar surface area (TPSA) is 62.1 Å². The molecule has 0 fully saturated rings. The zero-order valence-electron chi connectivity index (χ0n) is 12.9.